The van der Waals surface area contributed by atoms with Gasteiger partial charge in [0.2, 0.25) is 10.0 Å². The Morgan fingerprint density at radius 1 is 1.17 bits per heavy atom. The predicted octanol–water partition coefficient (Wildman–Crippen LogP) is 3.96. The molecule has 1 fully saturated rings. The second-order valence-electron chi connectivity index (χ2n) is 8.73. The van der Waals surface area contributed by atoms with Crippen LogP contribution in [0.4, 0.5) is 5.69 Å². The van der Waals surface area contributed by atoms with E-state index in [9.17, 15) is 13.2 Å². The van der Waals surface area contributed by atoms with E-state index >= 15 is 0 Å². The van der Waals surface area contributed by atoms with Crippen LogP contribution in [-0.2, 0) is 10.0 Å². The first-order chi connectivity index (χ1) is 14.2. The van der Waals surface area contributed by atoms with Gasteiger partial charge in [-0.2, -0.15) is 0 Å². The number of nitrogens with one attached hydrogen (secondary N) is 1. The third-order valence-electron chi connectivity index (χ3n) is 5.77. The summed E-state index contributed by atoms with van der Waals surface area (Å²) in [6.45, 7) is 6.34. The number of sulfonamides is 1. The van der Waals surface area contributed by atoms with E-state index in [1.807, 2.05) is 51.1 Å². The second kappa shape index (κ2) is 7.61. The Morgan fingerprint density at radius 2 is 1.93 bits per heavy atom. The molecular weight excluding hydrogens is 400 g/mol. The number of hydrogen-bond acceptors (Lipinski definition) is 4. The van der Waals surface area contributed by atoms with Crippen LogP contribution in [-0.4, -0.2) is 32.2 Å². The highest BCUT2D eigenvalue weighted by molar-refractivity contribution is 7.92. The zero-order valence-electron chi connectivity index (χ0n) is 17.6. The largest absolute Gasteiger partial charge is 0.487 e. The lowest BCUT2D eigenvalue weighted by atomic mass is 9.89. The fraction of sp³-hybridized carbons (Fsp3) is 0.435. The lowest BCUT2D eigenvalue weighted by Crippen LogP contribution is -2.41. The molecule has 0 saturated carbocycles. The lowest BCUT2D eigenvalue weighted by Gasteiger charge is -2.38. The molecule has 1 N–H and O–H groups in total. The summed E-state index contributed by atoms with van der Waals surface area (Å²) in [7, 11) is -3.34. The minimum atomic E-state index is -3.34. The minimum Gasteiger partial charge on any atom is -0.487 e. The highest BCUT2D eigenvalue weighted by Crippen LogP contribution is 2.39. The molecule has 2 heterocycles. The molecular formula is C23H28N2O4S. The van der Waals surface area contributed by atoms with Gasteiger partial charge in [0, 0.05) is 24.1 Å². The zero-order valence-corrected chi connectivity index (χ0v) is 18.5. The third kappa shape index (κ3) is 4.03. The van der Waals surface area contributed by atoms with Crippen molar-refractivity contribution in [3.63, 3.8) is 0 Å². The number of hydrogen-bond donors (Lipinski definition) is 1. The van der Waals surface area contributed by atoms with Crippen LogP contribution in [0.2, 0.25) is 0 Å². The van der Waals surface area contributed by atoms with Gasteiger partial charge < -0.3 is 10.1 Å². The number of carbonyl (C=O) groups excluding carboxylic acids is 1. The van der Waals surface area contributed by atoms with Crippen molar-refractivity contribution in [2.45, 2.75) is 51.7 Å². The number of amides is 1. The SMILES string of the molecule is Cc1ccc(C(=O)NC2CC(C)(C)Oc3ccccc32)cc1N1CCCCS1(=O)=O. The zero-order chi connectivity index (χ0) is 21.5. The van der Waals surface area contributed by atoms with Gasteiger partial charge in [0.05, 0.1) is 17.5 Å². The van der Waals surface area contributed by atoms with Crippen LogP contribution in [0.3, 0.4) is 0 Å². The van der Waals surface area contributed by atoms with Crippen LogP contribution in [0, 0.1) is 6.92 Å². The number of fused-ring (bicyclic) bond motifs is 1. The Hall–Kier alpha value is -2.54. The Morgan fingerprint density at radius 3 is 2.70 bits per heavy atom. The van der Waals surface area contributed by atoms with Crippen LogP contribution < -0.4 is 14.4 Å². The summed E-state index contributed by atoms with van der Waals surface area (Å²) in [4.78, 5) is 13.1. The fourth-order valence-corrected chi connectivity index (χ4v) is 5.94. The standard InChI is InChI=1S/C23H28N2O4S/c1-16-10-11-17(14-20(16)25-12-6-7-13-30(25,27)28)22(26)24-19-15-23(2,3)29-21-9-5-4-8-18(19)21/h4-5,8-11,14,19H,6-7,12-13,15H2,1-3H3,(H,24,26). The maximum atomic E-state index is 13.1. The van der Waals surface area contributed by atoms with Gasteiger partial charge in [-0.15, -0.1) is 0 Å². The normalized spacial score (nSPS) is 22.0. The van der Waals surface area contributed by atoms with Crippen molar-refractivity contribution >= 4 is 21.6 Å². The maximum Gasteiger partial charge on any atom is 0.251 e. The number of carbonyl (C=O) groups is 1. The van der Waals surface area contributed by atoms with Gasteiger partial charge in [0.15, 0.2) is 0 Å². The van der Waals surface area contributed by atoms with E-state index in [1.54, 1.807) is 12.1 Å². The van der Waals surface area contributed by atoms with E-state index in [1.165, 1.54) is 4.31 Å². The summed E-state index contributed by atoms with van der Waals surface area (Å²) in [5.41, 5.74) is 2.45. The average Bonchev–Trinajstić information content (AvgIpc) is 2.67. The van der Waals surface area contributed by atoms with E-state index < -0.39 is 15.6 Å². The Kier molecular flexibility index (Phi) is 5.26. The van der Waals surface area contributed by atoms with Crippen LogP contribution >= 0.6 is 0 Å². The van der Waals surface area contributed by atoms with Gasteiger partial charge in [0.25, 0.3) is 5.91 Å². The van der Waals surface area contributed by atoms with E-state index in [0.717, 1.165) is 23.3 Å². The molecule has 1 atom stereocenters. The van der Waals surface area contributed by atoms with Crippen LogP contribution in [0.1, 0.15) is 60.6 Å². The second-order valence-corrected chi connectivity index (χ2v) is 10.7. The number of anilines is 1. The summed E-state index contributed by atoms with van der Waals surface area (Å²) in [5.74, 6) is 0.711. The average molecular weight is 429 g/mol. The molecule has 1 amide bonds. The van der Waals surface area contributed by atoms with Crippen molar-refractivity contribution < 1.29 is 17.9 Å². The smallest absolute Gasteiger partial charge is 0.251 e. The van der Waals surface area contributed by atoms with Crippen molar-refractivity contribution in [3.8, 4) is 5.75 Å². The molecule has 1 saturated heterocycles. The molecule has 30 heavy (non-hydrogen) atoms. The van der Waals surface area contributed by atoms with Crippen LogP contribution in [0.25, 0.3) is 0 Å². The van der Waals surface area contributed by atoms with Gasteiger partial charge in [0.1, 0.15) is 11.4 Å². The molecule has 6 nitrogen and oxygen atoms in total. The summed E-state index contributed by atoms with van der Waals surface area (Å²) in [6, 6.07) is 12.8. The summed E-state index contributed by atoms with van der Waals surface area (Å²) >= 11 is 0. The summed E-state index contributed by atoms with van der Waals surface area (Å²) < 4.78 is 32.6. The molecule has 0 aliphatic carbocycles. The third-order valence-corrected chi connectivity index (χ3v) is 7.63. The molecule has 7 heteroatoms. The molecule has 0 aromatic heterocycles. The van der Waals surface area contributed by atoms with Gasteiger partial charge in [-0.1, -0.05) is 24.3 Å². The van der Waals surface area contributed by atoms with Crippen molar-refractivity contribution in [2.24, 2.45) is 0 Å². The molecule has 2 aromatic rings. The highest BCUT2D eigenvalue weighted by atomic mass is 32.2. The number of rotatable bonds is 3. The molecule has 2 aliphatic heterocycles. The van der Waals surface area contributed by atoms with E-state index in [2.05, 4.69) is 5.32 Å². The molecule has 0 bridgehead atoms. The van der Waals surface area contributed by atoms with E-state index in [4.69, 9.17) is 4.74 Å². The number of benzene rings is 2. The van der Waals surface area contributed by atoms with Gasteiger partial charge in [-0.3, -0.25) is 9.10 Å². The molecule has 0 radical (unpaired) electrons. The van der Waals surface area contributed by atoms with Crippen molar-refractivity contribution in [2.75, 3.05) is 16.6 Å². The Labute approximate surface area is 178 Å². The van der Waals surface area contributed by atoms with Gasteiger partial charge in [-0.25, -0.2) is 8.42 Å². The van der Waals surface area contributed by atoms with Crippen molar-refractivity contribution in [1.29, 1.82) is 0 Å². The summed E-state index contributed by atoms with van der Waals surface area (Å²) in [6.07, 6.45) is 2.15. The number of aryl methyl sites for hydroxylation is 1. The number of ether oxygens (including phenoxy) is 1. The predicted molar refractivity (Wildman–Crippen MR) is 118 cm³/mol. The quantitative estimate of drug-likeness (QED) is 0.803. The van der Waals surface area contributed by atoms with Gasteiger partial charge >= 0.3 is 0 Å². The molecule has 2 aliphatic rings. The molecule has 2 aromatic carbocycles. The first-order valence-electron chi connectivity index (χ1n) is 10.4. The Balaban J connectivity index is 1.62. The van der Waals surface area contributed by atoms with Crippen molar-refractivity contribution in [3.05, 3.63) is 59.2 Å². The molecule has 4 rings (SSSR count). The van der Waals surface area contributed by atoms with Gasteiger partial charge in [-0.05, 0) is 57.4 Å². The van der Waals surface area contributed by atoms with E-state index in [0.29, 0.717) is 30.6 Å². The maximum absolute atomic E-state index is 13.1. The topological polar surface area (TPSA) is 75.7 Å². The van der Waals surface area contributed by atoms with E-state index in [-0.39, 0.29) is 17.7 Å². The number of para-hydroxylation sites is 1. The molecule has 1 unspecified atom stereocenters. The minimum absolute atomic E-state index is 0.150. The monoisotopic (exact) mass is 428 g/mol. The Bertz CT molecular complexity index is 1080. The number of nitrogens with zero attached hydrogens (tertiary/aromatic N) is 1. The molecule has 0 spiro atoms. The van der Waals surface area contributed by atoms with Crippen molar-refractivity contribution in [1.82, 2.24) is 5.32 Å². The first kappa shape index (κ1) is 20.7. The highest BCUT2D eigenvalue weighted by Gasteiger charge is 2.34. The van der Waals surface area contributed by atoms with Crippen LogP contribution in [0.15, 0.2) is 42.5 Å². The lowest BCUT2D eigenvalue weighted by molar-refractivity contribution is 0.0619. The fourth-order valence-electron chi connectivity index (χ4n) is 4.25. The summed E-state index contributed by atoms with van der Waals surface area (Å²) in [5, 5.41) is 3.13. The van der Waals surface area contributed by atoms with Crippen LogP contribution in [0.5, 0.6) is 5.75 Å². The first-order valence-corrected chi connectivity index (χ1v) is 12.0. The molecule has 160 valence electrons.